The summed E-state index contributed by atoms with van der Waals surface area (Å²) in [7, 11) is 2.09. The number of pyridine rings is 1. The summed E-state index contributed by atoms with van der Waals surface area (Å²) in [4.78, 5) is 4.59. The second-order valence-corrected chi connectivity index (χ2v) is 5.04. The van der Waals surface area contributed by atoms with Gasteiger partial charge in [0.15, 0.2) is 0 Å². The van der Waals surface area contributed by atoms with Crippen LogP contribution >= 0.6 is 0 Å². The molecule has 0 aliphatic heterocycles. The Balaban J connectivity index is 2.28. The van der Waals surface area contributed by atoms with Crippen molar-refractivity contribution >= 4 is 27.4 Å². The zero-order chi connectivity index (χ0) is 14.1. The van der Waals surface area contributed by atoms with E-state index < -0.39 is 0 Å². The van der Waals surface area contributed by atoms with Crippen molar-refractivity contribution in [2.24, 2.45) is 7.05 Å². The Morgan fingerprint density at radius 1 is 1.15 bits per heavy atom. The van der Waals surface area contributed by atoms with Gasteiger partial charge in [-0.25, -0.2) is 0 Å². The van der Waals surface area contributed by atoms with Crippen LogP contribution in [-0.2, 0) is 7.05 Å². The first kappa shape index (κ1) is 12.7. The molecule has 3 aromatic rings. The summed E-state index contributed by atoms with van der Waals surface area (Å²) in [5, 5.41) is 2.55. The van der Waals surface area contributed by atoms with Crippen LogP contribution in [0.25, 0.3) is 27.4 Å². The van der Waals surface area contributed by atoms with E-state index in [1.807, 2.05) is 25.3 Å². The van der Waals surface area contributed by atoms with Crippen molar-refractivity contribution in [2.75, 3.05) is 0 Å². The standard InChI is InChI=1S/C18H18N2/c1-4-5-8-13(2)16-11-15-14-9-6-7-10-17(14)20(3)18(15)12-19-16/h4-12H,1-3H3/b5-4-,13-8+. The van der Waals surface area contributed by atoms with Crippen LogP contribution in [0.3, 0.4) is 0 Å². The van der Waals surface area contributed by atoms with Crippen LogP contribution in [0.15, 0.2) is 54.8 Å². The first-order chi connectivity index (χ1) is 9.72. The van der Waals surface area contributed by atoms with Gasteiger partial charge in [-0.1, -0.05) is 36.4 Å². The Hall–Kier alpha value is -2.35. The minimum Gasteiger partial charge on any atom is -0.342 e. The summed E-state index contributed by atoms with van der Waals surface area (Å²) in [6.07, 6.45) is 8.14. The molecule has 2 nitrogen and oxygen atoms in total. The van der Waals surface area contributed by atoms with Crippen molar-refractivity contribution in [3.05, 3.63) is 60.5 Å². The van der Waals surface area contributed by atoms with Gasteiger partial charge in [0, 0.05) is 23.3 Å². The van der Waals surface area contributed by atoms with Gasteiger partial charge in [-0.3, -0.25) is 4.98 Å². The first-order valence-electron chi connectivity index (χ1n) is 6.85. The maximum absolute atomic E-state index is 4.59. The molecule has 3 rings (SSSR count). The quantitative estimate of drug-likeness (QED) is 0.612. The fourth-order valence-corrected chi connectivity index (χ4v) is 2.60. The third kappa shape index (κ3) is 1.94. The lowest BCUT2D eigenvalue weighted by molar-refractivity contribution is 1.01. The number of para-hydroxylation sites is 1. The van der Waals surface area contributed by atoms with E-state index in [1.54, 1.807) is 0 Å². The molecule has 0 radical (unpaired) electrons. The van der Waals surface area contributed by atoms with Crippen LogP contribution in [0, 0.1) is 0 Å². The van der Waals surface area contributed by atoms with E-state index in [1.165, 1.54) is 27.4 Å². The molecular formula is C18H18N2. The summed E-state index contributed by atoms with van der Waals surface area (Å²) >= 11 is 0. The molecule has 1 aromatic carbocycles. The molecule has 0 fully saturated rings. The maximum atomic E-state index is 4.59. The molecule has 0 aliphatic carbocycles. The van der Waals surface area contributed by atoms with Gasteiger partial charge in [-0.05, 0) is 31.6 Å². The Bertz CT molecular complexity index is 835. The lowest BCUT2D eigenvalue weighted by Crippen LogP contribution is -1.89. The van der Waals surface area contributed by atoms with Crippen LogP contribution < -0.4 is 0 Å². The summed E-state index contributed by atoms with van der Waals surface area (Å²) in [5.74, 6) is 0. The summed E-state index contributed by atoms with van der Waals surface area (Å²) in [6.45, 7) is 4.12. The third-order valence-electron chi connectivity index (χ3n) is 3.74. The van der Waals surface area contributed by atoms with Crippen molar-refractivity contribution in [2.45, 2.75) is 13.8 Å². The number of aromatic nitrogens is 2. The van der Waals surface area contributed by atoms with Gasteiger partial charge < -0.3 is 4.57 Å². The van der Waals surface area contributed by atoms with Crippen molar-refractivity contribution in [1.82, 2.24) is 9.55 Å². The van der Waals surface area contributed by atoms with Gasteiger partial charge in [0.1, 0.15) is 0 Å². The van der Waals surface area contributed by atoms with Gasteiger partial charge in [0.05, 0.1) is 17.4 Å². The van der Waals surface area contributed by atoms with E-state index in [4.69, 9.17) is 0 Å². The van der Waals surface area contributed by atoms with E-state index in [0.717, 1.165) is 5.69 Å². The number of hydrogen-bond acceptors (Lipinski definition) is 1. The molecule has 0 aliphatic rings. The predicted molar refractivity (Wildman–Crippen MR) is 86.7 cm³/mol. The highest BCUT2D eigenvalue weighted by atomic mass is 14.9. The molecule has 0 N–H and O–H groups in total. The highest BCUT2D eigenvalue weighted by Gasteiger charge is 2.09. The number of fused-ring (bicyclic) bond motifs is 3. The monoisotopic (exact) mass is 262 g/mol. The van der Waals surface area contributed by atoms with Gasteiger partial charge in [0.2, 0.25) is 0 Å². The van der Waals surface area contributed by atoms with Gasteiger partial charge >= 0.3 is 0 Å². The molecule has 0 atom stereocenters. The van der Waals surface area contributed by atoms with Crippen LogP contribution in [0.4, 0.5) is 0 Å². The Morgan fingerprint density at radius 3 is 2.75 bits per heavy atom. The SMILES string of the molecule is C/C=C\C=C(/C)c1cc2c3ccccc3n(C)c2cn1. The molecule has 100 valence electrons. The number of nitrogens with zero attached hydrogens (tertiary/aromatic N) is 2. The average Bonchev–Trinajstić information content (AvgIpc) is 2.78. The molecule has 0 saturated heterocycles. The summed E-state index contributed by atoms with van der Waals surface area (Å²) in [6, 6.07) is 10.7. The summed E-state index contributed by atoms with van der Waals surface area (Å²) in [5.41, 5.74) is 4.63. The topological polar surface area (TPSA) is 17.8 Å². The van der Waals surface area contributed by atoms with Crippen LogP contribution in [0.2, 0.25) is 0 Å². The number of benzene rings is 1. The highest BCUT2D eigenvalue weighted by molar-refractivity contribution is 6.08. The van der Waals surface area contributed by atoms with Gasteiger partial charge in [-0.2, -0.15) is 0 Å². The number of allylic oxidation sites excluding steroid dienone is 4. The fourth-order valence-electron chi connectivity index (χ4n) is 2.60. The molecule has 20 heavy (non-hydrogen) atoms. The Morgan fingerprint density at radius 2 is 1.95 bits per heavy atom. The minimum absolute atomic E-state index is 1.03. The number of aryl methyl sites for hydroxylation is 1. The molecule has 2 aromatic heterocycles. The molecule has 0 bridgehead atoms. The fraction of sp³-hybridized carbons (Fsp3) is 0.167. The van der Waals surface area contributed by atoms with E-state index in [0.29, 0.717) is 0 Å². The van der Waals surface area contributed by atoms with Crippen molar-refractivity contribution in [3.63, 3.8) is 0 Å². The molecule has 0 unspecified atom stereocenters. The average molecular weight is 262 g/mol. The highest BCUT2D eigenvalue weighted by Crippen LogP contribution is 2.29. The molecule has 0 saturated carbocycles. The van der Waals surface area contributed by atoms with Gasteiger partial charge in [-0.15, -0.1) is 0 Å². The van der Waals surface area contributed by atoms with Crippen LogP contribution in [0.5, 0.6) is 0 Å². The zero-order valence-corrected chi connectivity index (χ0v) is 12.1. The van der Waals surface area contributed by atoms with Crippen LogP contribution in [-0.4, -0.2) is 9.55 Å². The Labute approximate surface area is 119 Å². The predicted octanol–water partition coefficient (Wildman–Crippen LogP) is 4.71. The number of rotatable bonds is 2. The minimum atomic E-state index is 1.03. The van der Waals surface area contributed by atoms with E-state index in [-0.39, 0.29) is 0 Å². The molecule has 2 heteroatoms. The van der Waals surface area contributed by atoms with Gasteiger partial charge in [0.25, 0.3) is 0 Å². The Kier molecular flexibility index (Phi) is 3.15. The van der Waals surface area contributed by atoms with Crippen molar-refractivity contribution in [1.29, 1.82) is 0 Å². The largest absolute Gasteiger partial charge is 0.342 e. The molecule has 2 heterocycles. The third-order valence-corrected chi connectivity index (χ3v) is 3.74. The van der Waals surface area contributed by atoms with E-state index >= 15 is 0 Å². The van der Waals surface area contributed by atoms with E-state index in [9.17, 15) is 0 Å². The van der Waals surface area contributed by atoms with Crippen molar-refractivity contribution in [3.8, 4) is 0 Å². The lowest BCUT2D eigenvalue weighted by Gasteiger charge is -2.01. The lowest BCUT2D eigenvalue weighted by atomic mass is 10.1. The summed E-state index contributed by atoms with van der Waals surface area (Å²) < 4.78 is 2.20. The second-order valence-electron chi connectivity index (χ2n) is 5.04. The first-order valence-corrected chi connectivity index (χ1v) is 6.85. The second kappa shape index (κ2) is 4.97. The number of hydrogen-bond donors (Lipinski definition) is 0. The normalized spacial score (nSPS) is 12.8. The van der Waals surface area contributed by atoms with Crippen molar-refractivity contribution < 1.29 is 0 Å². The molecule has 0 spiro atoms. The molecule has 0 amide bonds. The van der Waals surface area contributed by atoms with Crippen LogP contribution in [0.1, 0.15) is 19.5 Å². The zero-order valence-electron chi connectivity index (χ0n) is 12.1. The van der Waals surface area contributed by atoms with E-state index in [2.05, 4.69) is 59.9 Å². The smallest absolute Gasteiger partial charge is 0.0675 e. The molecular weight excluding hydrogens is 244 g/mol. The maximum Gasteiger partial charge on any atom is 0.0675 e.